The molecule has 1 N–H and O–H groups in total. The third kappa shape index (κ3) is 5.30. The molecule has 3 nitrogen and oxygen atoms in total. The lowest BCUT2D eigenvalue weighted by Gasteiger charge is -2.27. The summed E-state index contributed by atoms with van der Waals surface area (Å²) in [5, 5.41) is 10.2. The highest BCUT2D eigenvalue weighted by atomic mass is 16.7. The lowest BCUT2D eigenvalue weighted by molar-refractivity contribution is -0.207. The second kappa shape index (κ2) is 6.26. The quantitative estimate of drug-likeness (QED) is 0.277. The number of hydrogen-bond acceptors (Lipinski definition) is 3. The zero-order chi connectivity index (χ0) is 11.1. The largest absolute Gasteiger partial charge is 0.371 e. The maximum atomic E-state index is 10.2. The van der Waals surface area contributed by atoms with E-state index < -0.39 is 5.79 Å². The van der Waals surface area contributed by atoms with E-state index in [9.17, 15) is 5.11 Å². The molecule has 0 aromatic carbocycles. The molecule has 0 spiro atoms. The molecule has 15 heavy (non-hydrogen) atoms. The monoisotopic (exact) mass is 214 g/mol. The average Bonchev–Trinajstić information content (AvgIpc) is 2.99. The van der Waals surface area contributed by atoms with Gasteiger partial charge in [0.1, 0.15) is 6.10 Å². The number of aliphatic hydroxyl groups is 1. The van der Waals surface area contributed by atoms with Gasteiger partial charge >= 0.3 is 0 Å². The van der Waals surface area contributed by atoms with Crippen molar-refractivity contribution in [3.05, 3.63) is 12.7 Å². The second-order valence-electron chi connectivity index (χ2n) is 4.16. The van der Waals surface area contributed by atoms with Crippen LogP contribution in [0.3, 0.4) is 0 Å². The van der Waals surface area contributed by atoms with Crippen LogP contribution in [0.15, 0.2) is 12.7 Å². The van der Waals surface area contributed by atoms with Crippen LogP contribution in [0.25, 0.3) is 0 Å². The Morgan fingerprint density at radius 3 is 2.87 bits per heavy atom. The van der Waals surface area contributed by atoms with Crippen molar-refractivity contribution < 1.29 is 14.6 Å². The predicted molar refractivity (Wildman–Crippen MR) is 59.6 cm³/mol. The summed E-state index contributed by atoms with van der Waals surface area (Å²) in [5.74, 6) is -1.02. The van der Waals surface area contributed by atoms with Crippen molar-refractivity contribution in [1.82, 2.24) is 0 Å². The highest BCUT2D eigenvalue weighted by molar-refractivity contribution is 4.80. The van der Waals surface area contributed by atoms with E-state index in [4.69, 9.17) is 9.47 Å². The third-order valence-corrected chi connectivity index (χ3v) is 2.57. The van der Waals surface area contributed by atoms with Crippen molar-refractivity contribution in [3.63, 3.8) is 0 Å². The molecule has 2 unspecified atom stereocenters. The first kappa shape index (κ1) is 12.7. The molecule has 0 radical (unpaired) electrons. The Hall–Kier alpha value is -0.380. The molecule has 0 amide bonds. The van der Waals surface area contributed by atoms with E-state index in [1.165, 1.54) is 0 Å². The van der Waals surface area contributed by atoms with E-state index >= 15 is 0 Å². The second-order valence-corrected chi connectivity index (χ2v) is 4.16. The van der Waals surface area contributed by atoms with Gasteiger partial charge in [0.05, 0.1) is 13.2 Å². The molecule has 2 atom stereocenters. The number of unbranched alkanes of at least 4 members (excludes halogenated alkanes) is 2. The van der Waals surface area contributed by atoms with Crippen LogP contribution < -0.4 is 0 Å². The molecule has 88 valence electrons. The van der Waals surface area contributed by atoms with Gasteiger partial charge in [0, 0.05) is 12.8 Å². The van der Waals surface area contributed by atoms with Gasteiger partial charge in [-0.1, -0.05) is 25.8 Å². The highest BCUT2D eigenvalue weighted by Crippen LogP contribution is 2.23. The first-order chi connectivity index (χ1) is 7.20. The summed E-state index contributed by atoms with van der Waals surface area (Å²) in [7, 11) is 0. The molecule has 1 heterocycles. The molecule has 3 heteroatoms. The first-order valence-electron chi connectivity index (χ1n) is 5.79. The van der Waals surface area contributed by atoms with Crippen LogP contribution in [0.2, 0.25) is 0 Å². The molecular weight excluding hydrogens is 192 g/mol. The minimum atomic E-state index is -1.02. The standard InChI is InChI=1S/C12H22O3/c1-3-5-6-8-12(13,7-4-2)15-10-11-9-14-11/h4,11,13H,2-3,5-10H2,1H3. The molecule has 1 aliphatic rings. The summed E-state index contributed by atoms with van der Waals surface area (Å²) in [6, 6.07) is 0. The molecule has 0 bridgehead atoms. The number of rotatable bonds is 9. The fourth-order valence-corrected chi connectivity index (χ4v) is 1.52. The normalized spacial score (nSPS) is 23.5. The Labute approximate surface area is 92.1 Å². The Morgan fingerprint density at radius 2 is 2.33 bits per heavy atom. The Bertz CT molecular complexity index is 189. The van der Waals surface area contributed by atoms with E-state index in [0.29, 0.717) is 19.4 Å². The summed E-state index contributed by atoms with van der Waals surface area (Å²) in [6.07, 6.45) is 6.35. The summed E-state index contributed by atoms with van der Waals surface area (Å²) in [5.41, 5.74) is 0. The lowest BCUT2D eigenvalue weighted by Crippen LogP contribution is -2.33. The van der Waals surface area contributed by atoms with E-state index in [1.807, 2.05) is 0 Å². The number of ether oxygens (including phenoxy) is 2. The van der Waals surface area contributed by atoms with Gasteiger partial charge in [-0.25, -0.2) is 0 Å². The average molecular weight is 214 g/mol. The Kier molecular flexibility index (Phi) is 5.29. The van der Waals surface area contributed by atoms with Gasteiger partial charge in [0.2, 0.25) is 0 Å². The van der Waals surface area contributed by atoms with Crippen molar-refractivity contribution >= 4 is 0 Å². The molecule has 0 saturated carbocycles. The fraction of sp³-hybridized carbons (Fsp3) is 0.833. The predicted octanol–water partition coefficient (Wildman–Crippen LogP) is 2.25. The SMILES string of the molecule is C=CCC(O)(CCCCC)OCC1CO1. The van der Waals surface area contributed by atoms with Crippen molar-refractivity contribution in [1.29, 1.82) is 0 Å². The van der Waals surface area contributed by atoms with Crippen molar-refractivity contribution in [3.8, 4) is 0 Å². The minimum Gasteiger partial charge on any atom is -0.371 e. The molecule has 1 aliphatic heterocycles. The lowest BCUT2D eigenvalue weighted by atomic mass is 10.0. The maximum Gasteiger partial charge on any atom is 0.168 e. The minimum absolute atomic E-state index is 0.201. The third-order valence-electron chi connectivity index (χ3n) is 2.57. The van der Waals surface area contributed by atoms with Gasteiger partial charge in [-0.15, -0.1) is 6.58 Å². The van der Waals surface area contributed by atoms with Crippen molar-refractivity contribution in [2.24, 2.45) is 0 Å². The van der Waals surface area contributed by atoms with Gasteiger partial charge in [-0.3, -0.25) is 0 Å². The smallest absolute Gasteiger partial charge is 0.168 e. The topological polar surface area (TPSA) is 42.0 Å². The molecule has 1 rings (SSSR count). The molecule has 1 fully saturated rings. The van der Waals surface area contributed by atoms with Crippen molar-refractivity contribution in [2.45, 2.75) is 50.9 Å². The van der Waals surface area contributed by atoms with Gasteiger partial charge in [-0.2, -0.15) is 0 Å². The molecular formula is C12H22O3. The maximum absolute atomic E-state index is 10.2. The van der Waals surface area contributed by atoms with Crippen LogP contribution in [-0.4, -0.2) is 30.2 Å². The number of hydrogen-bond donors (Lipinski definition) is 1. The van der Waals surface area contributed by atoms with Gasteiger partial charge in [-0.05, 0) is 6.42 Å². The zero-order valence-electron chi connectivity index (χ0n) is 9.58. The van der Waals surface area contributed by atoms with Crippen LogP contribution in [0, 0.1) is 0 Å². The van der Waals surface area contributed by atoms with Crippen LogP contribution in [0.4, 0.5) is 0 Å². The summed E-state index contributed by atoms with van der Waals surface area (Å²) < 4.78 is 10.5. The Morgan fingerprint density at radius 1 is 1.60 bits per heavy atom. The Balaban J connectivity index is 2.25. The number of epoxide rings is 1. The van der Waals surface area contributed by atoms with Crippen LogP contribution in [0.5, 0.6) is 0 Å². The zero-order valence-corrected chi connectivity index (χ0v) is 9.58. The summed E-state index contributed by atoms with van der Waals surface area (Å²) in [4.78, 5) is 0. The van der Waals surface area contributed by atoms with Crippen LogP contribution in [0.1, 0.15) is 39.0 Å². The van der Waals surface area contributed by atoms with Gasteiger partial charge in [0.15, 0.2) is 5.79 Å². The van der Waals surface area contributed by atoms with E-state index in [1.54, 1.807) is 6.08 Å². The first-order valence-corrected chi connectivity index (χ1v) is 5.79. The van der Waals surface area contributed by atoms with E-state index in [2.05, 4.69) is 13.5 Å². The van der Waals surface area contributed by atoms with Gasteiger partial charge in [0.25, 0.3) is 0 Å². The van der Waals surface area contributed by atoms with Crippen LogP contribution >= 0.6 is 0 Å². The highest BCUT2D eigenvalue weighted by Gasteiger charge is 2.30. The van der Waals surface area contributed by atoms with Crippen molar-refractivity contribution in [2.75, 3.05) is 13.2 Å². The van der Waals surface area contributed by atoms with E-state index in [0.717, 1.165) is 25.9 Å². The van der Waals surface area contributed by atoms with Crippen LogP contribution in [-0.2, 0) is 9.47 Å². The fourth-order valence-electron chi connectivity index (χ4n) is 1.52. The summed E-state index contributed by atoms with van der Waals surface area (Å²) in [6.45, 7) is 7.05. The summed E-state index contributed by atoms with van der Waals surface area (Å²) >= 11 is 0. The molecule has 0 aliphatic carbocycles. The molecule has 1 saturated heterocycles. The van der Waals surface area contributed by atoms with E-state index in [-0.39, 0.29) is 6.10 Å². The molecule has 0 aromatic rings. The molecule has 0 aromatic heterocycles. The van der Waals surface area contributed by atoms with Gasteiger partial charge < -0.3 is 14.6 Å².